The van der Waals surface area contributed by atoms with E-state index in [-0.39, 0.29) is 17.3 Å². The first kappa shape index (κ1) is 16.8. The second kappa shape index (κ2) is 6.48. The smallest absolute Gasteiger partial charge is 0.275 e. The number of non-ortho nitro benzene ring substituents is 1. The van der Waals surface area contributed by atoms with Crippen LogP contribution in [0.2, 0.25) is 0 Å². The van der Waals surface area contributed by atoms with Crippen LogP contribution in [0.5, 0.6) is 5.75 Å². The van der Waals surface area contributed by atoms with Crippen molar-refractivity contribution >= 4 is 38.3 Å². The molecule has 3 rings (SSSR count). The van der Waals surface area contributed by atoms with E-state index in [1.165, 1.54) is 19.2 Å². The van der Waals surface area contributed by atoms with Crippen molar-refractivity contribution in [2.75, 3.05) is 12.4 Å². The number of hydrogen-bond donors (Lipinski definition) is 1. The van der Waals surface area contributed by atoms with Gasteiger partial charge in [-0.25, -0.2) is 4.98 Å². The highest BCUT2D eigenvalue weighted by atomic mass is 32.1. The fourth-order valence-electron chi connectivity index (χ4n) is 2.43. The first-order valence-electron chi connectivity index (χ1n) is 7.41. The van der Waals surface area contributed by atoms with Crippen molar-refractivity contribution in [1.29, 1.82) is 0 Å². The number of nitrogens with zero attached hydrogens (tertiary/aromatic N) is 4. The Kier molecular flexibility index (Phi) is 4.36. The summed E-state index contributed by atoms with van der Waals surface area (Å²) in [4.78, 5) is 27.3. The molecule has 0 saturated heterocycles. The zero-order chi connectivity index (χ0) is 18.1. The number of anilines is 1. The molecule has 0 fully saturated rings. The van der Waals surface area contributed by atoms with E-state index in [9.17, 15) is 14.9 Å². The molecular formula is C15H15N5O4S. The van der Waals surface area contributed by atoms with E-state index >= 15 is 0 Å². The molecule has 0 aliphatic heterocycles. The Balaban J connectivity index is 1.96. The van der Waals surface area contributed by atoms with Crippen LogP contribution >= 0.6 is 11.3 Å². The molecular weight excluding hydrogens is 346 g/mol. The Morgan fingerprint density at radius 3 is 2.84 bits per heavy atom. The van der Waals surface area contributed by atoms with Crippen molar-refractivity contribution in [3.63, 3.8) is 0 Å². The van der Waals surface area contributed by atoms with Crippen molar-refractivity contribution in [2.45, 2.75) is 20.4 Å². The number of hydrogen-bond acceptors (Lipinski definition) is 7. The van der Waals surface area contributed by atoms with E-state index in [1.807, 2.05) is 13.8 Å². The third-order valence-corrected chi connectivity index (χ3v) is 4.45. The summed E-state index contributed by atoms with van der Waals surface area (Å²) < 4.78 is 7.33. The molecule has 0 radical (unpaired) electrons. The molecule has 1 aromatic carbocycles. The maximum absolute atomic E-state index is 12.5. The molecule has 9 nitrogen and oxygen atoms in total. The van der Waals surface area contributed by atoms with Gasteiger partial charge in [0.1, 0.15) is 11.2 Å². The second-order valence-corrected chi connectivity index (χ2v) is 6.24. The standard InChI is InChI=1S/C15H15N5O4S/c1-4-19-10(5-8(2)18-19)14(21)17-15-16-13-11(24-3)6-9(20(22)23)7-12(13)25-15/h5-7H,4H2,1-3H3,(H,16,17,21). The minimum atomic E-state index is -0.498. The molecule has 10 heteroatoms. The van der Waals surface area contributed by atoms with Gasteiger partial charge in [-0.1, -0.05) is 11.3 Å². The summed E-state index contributed by atoms with van der Waals surface area (Å²) in [7, 11) is 1.42. The van der Waals surface area contributed by atoms with Crippen LogP contribution in [0.15, 0.2) is 18.2 Å². The number of aryl methyl sites for hydroxylation is 2. The van der Waals surface area contributed by atoms with E-state index in [0.29, 0.717) is 27.6 Å². The number of aromatic nitrogens is 3. The fraction of sp³-hybridized carbons (Fsp3) is 0.267. The topological polar surface area (TPSA) is 112 Å². The van der Waals surface area contributed by atoms with Gasteiger partial charge in [-0.05, 0) is 19.9 Å². The van der Waals surface area contributed by atoms with E-state index in [2.05, 4.69) is 15.4 Å². The van der Waals surface area contributed by atoms with Crippen LogP contribution in [-0.2, 0) is 6.54 Å². The molecule has 0 spiro atoms. The SMILES string of the molecule is CCn1nc(C)cc1C(=O)Nc1nc2c(OC)cc([N+](=O)[O-])cc2s1. The van der Waals surface area contributed by atoms with Gasteiger partial charge >= 0.3 is 0 Å². The van der Waals surface area contributed by atoms with Gasteiger partial charge in [-0.15, -0.1) is 0 Å². The number of ether oxygens (including phenoxy) is 1. The van der Waals surface area contributed by atoms with Gasteiger partial charge in [0.15, 0.2) is 10.9 Å². The summed E-state index contributed by atoms with van der Waals surface area (Å²) in [6, 6.07) is 4.41. The van der Waals surface area contributed by atoms with Crippen LogP contribution in [-0.4, -0.2) is 32.7 Å². The number of methoxy groups -OCH3 is 1. The average molecular weight is 361 g/mol. The highest BCUT2D eigenvalue weighted by Gasteiger charge is 2.19. The average Bonchev–Trinajstić information content (AvgIpc) is 3.15. The van der Waals surface area contributed by atoms with Crippen molar-refractivity contribution in [1.82, 2.24) is 14.8 Å². The predicted octanol–water partition coefficient (Wildman–Crippen LogP) is 2.99. The summed E-state index contributed by atoms with van der Waals surface area (Å²) in [5.74, 6) is -0.0506. The number of carbonyl (C=O) groups excluding carboxylic acids is 1. The van der Waals surface area contributed by atoms with Crippen molar-refractivity contribution < 1.29 is 14.5 Å². The number of thiazole rings is 1. The van der Waals surface area contributed by atoms with Gasteiger partial charge in [0.25, 0.3) is 11.6 Å². The lowest BCUT2D eigenvalue weighted by atomic mass is 10.3. The van der Waals surface area contributed by atoms with E-state index in [4.69, 9.17) is 4.74 Å². The number of fused-ring (bicyclic) bond motifs is 1. The molecule has 0 atom stereocenters. The third kappa shape index (κ3) is 3.15. The predicted molar refractivity (Wildman–Crippen MR) is 93.4 cm³/mol. The molecule has 0 saturated carbocycles. The summed E-state index contributed by atoms with van der Waals surface area (Å²) in [6.45, 7) is 4.27. The van der Waals surface area contributed by atoms with Crippen molar-refractivity contribution in [2.24, 2.45) is 0 Å². The first-order valence-corrected chi connectivity index (χ1v) is 8.23. The van der Waals surface area contributed by atoms with Crippen LogP contribution in [0.4, 0.5) is 10.8 Å². The number of carbonyl (C=O) groups is 1. The number of benzene rings is 1. The maximum Gasteiger partial charge on any atom is 0.275 e. The summed E-state index contributed by atoms with van der Waals surface area (Å²) in [6.07, 6.45) is 0. The maximum atomic E-state index is 12.5. The van der Waals surface area contributed by atoms with Crippen LogP contribution in [0.25, 0.3) is 10.2 Å². The number of nitro benzene ring substituents is 1. The summed E-state index contributed by atoms with van der Waals surface area (Å²) in [5, 5.41) is 18.3. The Hall–Kier alpha value is -3.01. The lowest BCUT2D eigenvalue weighted by Gasteiger charge is -2.03. The lowest BCUT2D eigenvalue weighted by molar-refractivity contribution is -0.384. The van der Waals surface area contributed by atoms with Gasteiger partial charge in [0.05, 0.1) is 28.5 Å². The Morgan fingerprint density at radius 2 is 2.20 bits per heavy atom. The molecule has 0 unspecified atom stereocenters. The zero-order valence-electron chi connectivity index (χ0n) is 13.8. The second-order valence-electron chi connectivity index (χ2n) is 5.21. The minimum Gasteiger partial charge on any atom is -0.494 e. The quantitative estimate of drug-likeness (QED) is 0.552. The molecule has 25 heavy (non-hydrogen) atoms. The van der Waals surface area contributed by atoms with Gasteiger partial charge < -0.3 is 4.74 Å². The van der Waals surface area contributed by atoms with Crippen LogP contribution in [0, 0.1) is 17.0 Å². The number of rotatable bonds is 5. The van der Waals surface area contributed by atoms with Gasteiger partial charge in [0.2, 0.25) is 0 Å². The Bertz CT molecular complexity index is 978. The summed E-state index contributed by atoms with van der Waals surface area (Å²) >= 11 is 1.14. The van der Waals surface area contributed by atoms with Crippen LogP contribution in [0.1, 0.15) is 23.1 Å². The third-order valence-electron chi connectivity index (χ3n) is 3.53. The summed E-state index contributed by atoms with van der Waals surface area (Å²) in [5.41, 5.74) is 1.55. The molecule has 1 N–H and O–H groups in total. The molecule has 2 aromatic heterocycles. The van der Waals surface area contributed by atoms with Crippen molar-refractivity contribution in [3.05, 3.63) is 39.7 Å². The highest BCUT2D eigenvalue weighted by molar-refractivity contribution is 7.22. The normalized spacial score (nSPS) is 10.8. The number of nitro groups is 1. The number of nitrogens with one attached hydrogen (secondary N) is 1. The van der Waals surface area contributed by atoms with Gasteiger partial charge in [-0.2, -0.15) is 5.10 Å². The van der Waals surface area contributed by atoms with Crippen LogP contribution < -0.4 is 10.1 Å². The Morgan fingerprint density at radius 1 is 1.44 bits per heavy atom. The molecule has 0 bridgehead atoms. The van der Waals surface area contributed by atoms with Gasteiger partial charge in [-0.3, -0.25) is 24.9 Å². The largest absolute Gasteiger partial charge is 0.494 e. The van der Waals surface area contributed by atoms with Gasteiger partial charge in [0, 0.05) is 12.6 Å². The molecule has 1 amide bonds. The number of amides is 1. The monoisotopic (exact) mass is 361 g/mol. The molecule has 2 heterocycles. The first-order chi connectivity index (χ1) is 11.9. The molecule has 0 aliphatic carbocycles. The molecule has 130 valence electrons. The van der Waals surface area contributed by atoms with Crippen LogP contribution in [0.3, 0.4) is 0 Å². The highest BCUT2D eigenvalue weighted by Crippen LogP contribution is 2.36. The zero-order valence-corrected chi connectivity index (χ0v) is 14.6. The molecule has 3 aromatic rings. The van der Waals surface area contributed by atoms with E-state index in [0.717, 1.165) is 17.0 Å². The minimum absolute atomic E-state index is 0.0921. The Labute approximate surface area is 146 Å². The lowest BCUT2D eigenvalue weighted by Crippen LogP contribution is -2.17. The fourth-order valence-corrected chi connectivity index (χ4v) is 3.34. The van der Waals surface area contributed by atoms with Crippen molar-refractivity contribution in [3.8, 4) is 5.75 Å². The molecule has 0 aliphatic rings. The van der Waals surface area contributed by atoms with E-state index < -0.39 is 4.92 Å². The van der Waals surface area contributed by atoms with E-state index in [1.54, 1.807) is 10.7 Å².